The minimum Gasteiger partial charge on any atom is -0.381 e. The summed E-state index contributed by atoms with van der Waals surface area (Å²) in [6.07, 6.45) is 8.03. The largest absolute Gasteiger partial charge is 0.381 e. The Morgan fingerprint density at radius 2 is 2.12 bits per heavy atom. The van der Waals surface area contributed by atoms with Gasteiger partial charge in [0, 0.05) is 25.5 Å². The van der Waals surface area contributed by atoms with E-state index in [1.54, 1.807) is 0 Å². The zero-order valence-electron chi connectivity index (χ0n) is 10.3. The van der Waals surface area contributed by atoms with E-state index in [2.05, 4.69) is 21.2 Å². The summed E-state index contributed by atoms with van der Waals surface area (Å²) >= 11 is 0. The molecule has 1 aromatic heterocycles. The van der Waals surface area contributed by atoms with E-state index in [0.717, 1.165) is 32.6 Å². The van der Waals surface area contributed by atoms with Crippen molar-refractivity contribution >= 4 is 0 Å². The predicted octanol–water partition coefficient (Wildman–Crippen LogP) is 2.05. The van der Waals surface area contributed by atoms with E-state index in [1.165, 1.54) is 25.0 Å². The number of nitrogens with zero attached hydrogens (tertiary/aromatic N) is 2. The fourth-order valence-corrected chi connectivity index (χ4v) is 2.94. The molecule has 0 saturated carbocycles. The van der Waals surface area contributed by atoms with Gasteiger partial charge in [0.2, 0.25) is 0 Å². The van der Waals surface area contributed by atoms with Crippen LogP contribution in [0.15, 0.2) is 12.3 Å². The second-order valence-electron chi connectivity index (χ2n) is 5.05. The molecule has 17 heavy (non-hydrogen) atoms. The first-order valence-corrected chi connectivity index (χ1v) is 6.80. The van der Waals surface area contributed by atoms with Crippen molar-refractivity contribution in [1.29, 1.82) is 0 Å². The highest BCUT2D eigenvalue weighted by Crippen LogP contribution is 2.28. The van der Waals surface area contributed by atoms with Crippen LogP contribution in [0.4, 0.5) is 0 Å². The molecule has 2 aliphatic heterocycles. The molecule has 0 spiro atoms. The minimum absolute atomic E-state index is 0.508. The molecule has 0 radical (unpaired) electrons. The molecule has 1 N–H and O–H groups in total. The van der Waals surface area contributed by atoms with Crippen LogP contribution < -0.4 is 5.32 Å². The smallest absolute Gasteiger partial charge is 0.0566 e. The molecule has 2 fully saturated rings. The van der Waals surface area contributed by atoms with Crippen LogP contribution in [0.3, 0.4) is 0 Å². The Morgan fingerprint density at radius 3 is 2.88 bits per heavy atom. The maximum absolute atomic E-state index is 5.43. The second kappa shape index (κ2) is 5.19. The molecule has 94 valence electrons. The van der Waals surface area contributed by atoms with Crippen LogP contribution in [0.2, 0.25) is 0 Å². The molecule has 2 saturated heterocycles. The van der Waals surface area contributed by atoms with E-state index in [1.807, 2.05) is 6.20 Å². The van der Waals surface area contributed by atoms with Crippen molar-refractivity contribution in [3.05, 3.63) is 18.0 Å². The van der Waals surface area contributed by atoms with Crippen molar-refractivity contribution in [3.8, 4) is 0 Å². The Balaban J connectivity index is 1.77. The number of rotatable bonds is 2. The van der Waals surface area contributed by atoms with Gasteiger partial charge in [-0.05, 0) is 38.3 Å². The summed E-state index contributed by atoms with van der Waals surface area (Å²) in [5.74, 6) is 0. The normalized spacial score (nSPS) is 27.2. The van der Waals surface area contributed by atoms with Crippen LogP contribution >= 0.6 is 0 Å². The molecule has 3 heterocycles. The fourth-order valence-electron chi connectivity index (χ4n) is 2.94. The Hall–Kier alpha value is -0.870. The SMILES string of the molecule is c1cc([C@@H]2CCCCN2)n(C2CCOCC2)n1. The van der Waals surface area contributed by atoms with Gasteiger partial charge in [0.25, 0.3) is 0 Å². The lowest BCUT2D eigenvalue weighted by Gasteiger charge is -2.29. The summed E-state index contributed by atoms with van der Waals surface area (Å²) < 4.78 is 7.67. The fraction of sp³-hybridized carbons (Fsp3) is 0.769. The third-order valence-electron chi connectivity index (χ3n) is 3.90. The Morgan fingerprint density at radius 1 is 1.24 bits per heavy atom. The van der Waals surface area contributed by atoms with Gasteiger partial charge in [-0.2, -0.15) is 5.10 Å². The number of ether oxygens (including phenoxy) is 1. The van der Waals surface area contributed by atoms with E-state index in [9.17, 15) is 0 Å². The maximum atomic E-state index is 5.43. The topological polar surface area (TPSA) is 39.1 Å². The molecule has 1 atom stereocenters. The summed E-state index contributed by atoms with van der Waals surface area (Å²) in [4.78, 5) is 0. The summed E-state index contributed by atoms with van der Waals surface area (Å²) in [5, 5.41) is 8.15. The van der Waals surface area contributed by atoms with Crippen molar-refractivity contribution in [2.45, 2.75) is 44.2 Å². The zero-order chi connectivity index (χ0) is 11.5. The Kier molecular flexibility index (Phi) is 3.43. The standard InChI is InChI=1S/C13H21N3O/c1-2-7-14-12(3-1)13-4-8-15-16(13)11-5-9-17-10-6-11/h4,8,11-12,14H,1-3,5-7,9-10H2/t12-/m0/s1. The molecule has 0 aliphatic carbocycles. The number of hydrogen-bond acceptors (Lipinski definition) is 3. The van der Waals surface area contributed by atoms with Gasteiger partial charge < -0.3 is 10.1 Å². The average molecular weight is 235 g/mol. The van der Waals surface area contributed by atoms with Gasteiger partial charge in [-0.25, -0.2) is 0 Å². The molecular formula is C13H21N3O. The molecule has 3 rings (SSSR count). The molecule has 2 aliphatic rings. The lowest BCUT2D eigenvalue weighted by molar-refractivity contribution is 0.0647. The highest BCUT2D eigenvalue weighted by Gasteiger charge is 2.23. The van der Waals surface area contributed by atoms with Gasteiger partial charge in [-0.3, -0.25) is 4.68 Å². The molecule has 0 bridgehead atoms. The van der Waals surface area contributed by atoms with Crippen molar-refractivity contribution in [2.75, 3.05) is 19.8 Å². The molecule has 0 unspecified atom stereocenters. The molecule has 1 aromatic rings. The summed E-state index contributed by atoms with van der Waals surface area (Å²) in [7, 11) is 0. The maximum Gasteiger partial charge on any atom is 0.0566 e. The van der Waals surface area contributed by atoms with Crippen molar-refractivity contribution in [1.82, 2.24) is 15.1 Å². The Bertz CT molecular complexity index is 319. The highest BCUT2D eigenvalue weighted by molar-refractivity contribution is 5.09. The highest BCUT2D eigenvalue weighted by atomic mass is 16.5. The lowest BCUT2D eigenvalue weighted by atomic mass is 10.0. The molecular weight excluding hydrogens is 214 g/mol. The number of piperidine rings is 1. The second-order valence-corrected chi connectivity index (χ2v) is 5.05. The van der Waals surface area contributed by atoms with Crippen LogP contribution in [0.1, 0.15) is 49.9 Å². The van der Waals surface area contributed by atoms with Crippen molar-refractivity contribution in [3.63, 3.8) is 0 Å². The summed E-state index contributed by atoms with van der Waals surface area (Å²) in [6.45, 7) is 2.90. The summed E-state index contributed by atoms with van der Waals surface area (Å²) in [6, 6.07) is 3.23. The van der Waals surface area contributed by atoms with Gasteiger partial charge >= 0.3 is 0 Å². The minimum atomic E-state index is 0.508. The average Bonchev–Trinajstić information content (AvgIpc) is 2.90. The monoisotopic (exact) mass is 235 g/mol. The van der Waals surface area contributed by atoms with Gasteiger partial charge in [0.05, 0.1) is 11.7 Å². The van der Waals surface area contributed by atoms with Crippen LogP contribution in [0.5, 0.6) is 0 Å². The van der Waals surface area contributed by atoms with E-state index in [4.69, 9.17) is 4.74 Å². The molecule has 4 heteroatoms. The van der Waals surface area contributed by atoms with E-state index >= 15 is 0 Å². The van der Waals surface area contributed by atoms with Gasteiger partial charge in [-0.15, -0.1) is 0 Å². The van der Waals surface area contributed by atoms with Crippen LogP contribution in [-0.4, -0.2) is 29.5 Å². The van der Waals surface area contributed by atoms with Crippen LogP contribution in [0, 0.1) is 0 Å². The van der Waals surface area contributed by atoms with E-state index in [-0.39, 0.29) is 0 Å². The van der Waals surface area contributed by atoms with Crippen molar-refractivity contribution < 1.29 is 4.74 Å². The third-order valence-corrected chi connectivity index (χ3v) is 3.90. The third kappa shape index (κ3) is 2.38. The molecule has 4 nitrogen and oxygen atoms in total. The molecule has 0 aromatic carbocycles. The van der Waals surface area contributed by atoms with E-state index in [0.29, 0.717) is 12.1 Å². The number of aromatic nitrogens is 2. The first-order chi connectivity index (χ1) is 8.45. The Labute approximate surface area is 102 Å². The van der Waals surface area contributed by atoms with Crippen LogP contribution in [-0.2, 0) is 4.74 Å². The van der Waals surface area contributed by atoms with Crippen molar-refractivity contribution in [2.24, 2.45) is 0 Å². The molecule has 0 amide bonds. The van der Waals surface area contributed by atoms with Gasteiger partial charge in [0.15, 0.2) is 0 Å². The zero-order valence-corrected chi connectivity index (χ0v) is 10.3. The van der Waals surface area contributed by atoms with E-state index < -0.39 is 0 Å². The lowest BCUT2D eigenvalue weighted by Crippen LogP contribution is -2.31. The summed E-state index contributed by atoms with van der Waals surface area (Å²) in [5.41, 5.74) is 1.37. The quantitative estimate of drug-likeness (QED) is 0.852. The number of hydrogen-bond donors (Lipinski definition) is 1. The first kappa shape index (κ1) is 11.2. The van der Waals surface area contributed by atoms with Gasteiger partial charge in [0.1, 0.15) is 0 Å². The first-order valence-electron chi connectivity index (χ1n) is 6.80. The number of nitrogens with one attached hydrogen (secondary N) is 1. The van der Waals surface area contributed by atoms with Crippen LogP contribution in [0.25, 0.3) is 0 Å². The van der Waals surface area contributed by atoms with Gasteiger partial charge in [-0.1, -0.05) is 6.42 Å². The predicted molar refractivity (Wildman–Crippen MR) is 65.9 cm³/mol.